The number of amides is 1. The van der Waals surface area contributed by atoms with Crippen LogP contribution in [0.15, 0.2) is 71.6 Å². The Morgan fingerprint density at radius 1 is 0.917 bits per heavy atom. The molecule has 0 bridgehead atoms. The van der Waals surface area contributed by atoms with Gasteiger partial charge in [0.2, 0.25) is 5.91 Å². The van der Waals surface area contributed by atoms with Crippen molar-refractivity contribution in [3.05, 3.63) is 83.4 Å². The third-order valence-corrected chi connectivity index (χ3v) is 8.08. The largest absolute Gasteiger partial charge is 0.507 e. The minimum absolute atomic E-state index is 0.00419. The number of hydrogen-bond donors (Lipinski definition) is 4. The molecule has 8 heteroatoms. The Hall–Kier alpha value is -4.30. The minimum atomic E-state index is -4.03. The normalized spacial score (nSPS) is 14.4. The molecule has 4 aromatic carbocycles. The predicted octanol–water partition coefficient (Wildman–Crippen LogP) is 5.17. The summed E-state index contributed by atoms with van der Waals surface area (Å²) in [6, 6.07) is 16.5. The van der Waals surface area contributed by atoms with E-state index in [0.29, 0.717) is 33.2 Å². The van der Waals surface area contributed by atoms with Gasteiger partial charge >= 0.3 is 0 Å². The number of phenols is 2. The van der Waals surface area contributed by atoms with Gasteiger partial charge in [0.1, 0.15) is 11.5 Å². The van der Waals surface area contributed by atoms with Crippen LogP contribution >= 0.6 is 0 Å². The molecule has 1 aliphatic heterocycles. The van der Waals surface area contributed by atoms with E-state index in [1.54, 1.807) is 42.5 Å². The number of anilines is 2. The number of phenolic OH excluding ortho intramolecular Hbond substituents is 2. The maximum Gasteiger partial charge on any atom is 0.261 e. The van der Waals surface area contributed by atoms with Gasteiger partial charge in [-0.15, -0.1) is 0 Å². The van der Waals surface area contributed by atoms with Crippen LogP contribution in [0.5, 0.6) is 11.5 Å². The summed E-state index contributed by atoms with van der Waals surface area (Å²) in [4.78, 5) is 11.7. The van der Waals surface area contributed by atoms with Crippen LogP contribution in [0.4, 0.5) is 11.4 Å². The van der Waals surface area contributed by atoms with Crippen molar-refractivity contribution in [3.8, 4) is 22.6 Å². The van der Waals surface area contributed by atoms with Crippen LogP contribution in [0.25, 0.3) is 28.0 Å². The standard InChI is InChI=1S/C28H22N2O5S/c31-25-12-9-16-5-1-2-6-19(16)27(25)22-15-24(20-7-3-4-8-21(20)28(22)33)30-36(34,35)18-10-11-23-17(13-18)14-26(32)29-23/h2-4,6-13,15,30-31,33H,1,5,14H2,(H,29,32). The van der Waals surface area contributed by atoms with E-state index in [1.807, 2.05) is 18.2 Å². The van der Waals surface area contributed by atoms with Crippen molar-refractivity contribution in [2.75, 3.05) is 10.0 Å². The SMILES string of the molecule is O=C1Cc2cc(S(=O)(=O)Nc3cc(-c4c(O)ccc5c4C=CCC5)c(O)c4ccccc34)ccc2N1. The highest BCUT2D eigenvalue weighted by atomic mass is 32.2. The highest BCUT2D eigenvalue weighted by molar-refractivity contribution is 7.92. The maximum atomic E-state index is 13.4. The lowest BCUT2D eigenvalue weighted by Crippen LogP contribution is -2.13. The molecule has 180 valence electrons. The summed E-state index contributed by atoms with van der Waals surface area (Å²) >= 11 is 0. The van der Waals surface area contributed by atoms with Crippen LogP contribution in [-0.2, 0) is 27.7 Å². The summed E-state index contributed by atoms with van der Waals surface area (Å²) < 4.78 is 29.5. The van der Waals surface area contributed by atoms with E-state index < -0.39 is 10.0 Å². The van der Waals surface area contributed by atoms with Crippen molar-refractivity contribution >= 4 is 44.2 Å². The van der Waals surface area contributed by atoms with E-state index in [2.05, 4.69) is 10.0 Å². The number of carbonyl (C=O) groups excluding carboxylic acids is 1. The van der Waals surface area contributed by atoms with Crippen LogP contribution < -0.4 is 10.0 Å². The average Bonchev–Trinajstić information content (AvgIpc) is 3.25. The van der Waals surface area contributed by atoms with E-state index >= 15 is 0 Å². The van der Waals surface area contributed by atoms with E-state index in [-0.39, 0.29) is 34.4 Å². The van der Waals surface area contributed by atoms with Gasteiger partial charge in [-0.05, 0) is 59.9 Å². The Morgan fingerprint density at radius 3 is 2.56 bits per heavy atom. The van der Waals surface area contributed by atoms with Gasteiger partial charge in [-0.1, -0.05) is 42.5 Å². The third-order valence-electron chi connectivity index (χ3n) is 6.72. The number of hydrogen-bond acceptors (Lipinski definition) is 5. The molecule has 0 radical (unpaired) electrons. The maximum absolute atomic E-state index is 13.4. The van der Waals surface area contributed by atoms with Crippen LogP contribution in [0.1, 0.15) is 23.1 Å². The molecule has 7 nitrogen and oxygen atoms in total. The van der Waals surface area contributed by atoms with E-state index in [4.69, 9.17) is 0 Å². The van der Waals surface area contributed by atoms with Gasteiger partial charge in [0.05, 0.1) is 17.0 Å². The first-order valence-electron chi connectivity index (χ1n) is 11.5. The number of aromatic hydroxyl groups is 2. The van der Waals surface area contributed by atoms with Crippen molar-refractivity contribution in [1.82, 2.24) is 0 Å². The van der Waals surface area contributed by atoms with Gasteiger partial charge in [-0.3, -0.25) is 9.52 Å². The van der Waals surface area contributed by atoms with Gasteiger partial charge in [-0.2, -0.15) is 0 Å². The molecule has 0 saturated carbocycles. The number of rotatable bonds is 4. The van der Waals surface area contributed by atoms with Crippen LogP contribution in [0, 0.1) is 0 Å². The van der Waals surface area contributed by atoms with Crippen molar-refractivity contribution in [3.63, 3.8) is 0 Å². The molecule has 36 heavy (non-hydrogen) atoms. The third kappa shape index (κ3) is 3.58. The number of benzene rings is 4. The first-order valence-corrected chi connectivity index (χ1v) is 13.0. The number of nitrogens with one attached hydrogen (secondary N) is 2. The van der Waals surface area contributed by atoms with E-state index in [0.717, 1.165) is 24.0 Å². The zero-order chi connectivity index (χ0) is 25.0. The molecule has 2 aliphatic rings. The van der Waals surface area contributed by atoms with Crippen LogP contribution in [0.2, 0.25) is 0 Å². The fourth-order valence-corrected chi connectivity index (χ4v) is 6.12. The zero-order valence-electron chi connectivity index (χ0n) is 19.1. The average molecular weight is 499 g/mol. The molecule has 0 atom stereocenters. The summed E-state index contributed by atoms with van der Waals surface area (Å²) in [5, 5.41) is 25.7. The topological polar surface area (TPSA) is 116 Å². The molecule has 0 aromatic heterocycles. The Bertz CT molecular complexity index is 1720. The Morgan fingerprint density at radius 2 is 1.72 bits per heavy atom. The van der Waals surface area contributed by atoms with Crippen LogP contribution in [0.3, 0.4) is 0 Å². The highest BCUT2D eigenvalue weighted by Gasteiger charge is 2.25. The quantitative estimate of drug-likeness (QED) is 0.290. The molecule has 0 spiro atoms. The molecular formula is C28H22N2O5S. The lowest BCUT2D eigenvalue weighted by Gasteiger charge is -2.20. The fraction of sp³-hybridized carbons (Fsp3) is 0.107. The van der Waals surface area contributed by atoms with Crippen LogP contribution in [-0.4, -0.2) is 24.5 Å². The Kier molecular flexibility index (Phi) is 5.01. The number of allylic oxidation sites excluding steroid dienone is 1. The fourth-order valence-electron chi connectivity index (χ4n) is 4.99. The smallest absolute Gasteiger partial charge is 0.261 e. The molecule has 4 N–H and O–H groups in total. The second-order valence-electron chi connectivity index (χ2n) is 8.99. The van der Waals surface area contributed by atoms with Crippen molar-refractivity contribution in [2.45, 2.75) is 24.2 Å². The first-order chi connectivity index (χ1) is 17.3. The molecule has 4 aromatic rings. The first kappa shape index (κ1) is 22.2. The monoisotopic (exact) mass is 498 g/mol. The summed E-state index contributed by atoms with van der Waals surface area (Å²) in [5.41, 5.74) is 4.12. The Labute approximate surface area is 207 Å². The van der Waals surface area contributed by atoms with Crippen molar-refractivity contribution in [2.24, 2.45) is 0 Å². The van der Waals surface area contributed by atoms with Crippen molar-refractivity contribution < 1.29 is 23.4 Å². The van der Waals surface area contributed by atoms with Gasteiger partial charge in [0, 0.05) is 27.6 Å². The lowest BCUT2D eigenvalue weighted by atomic mass is 9.88. The second-order valence-corrected chi connectivity index (χ2v) is 10.7. The summed E-state index contributed by atoms with van der Waals surface area (Å²) in [7, 11) is -4.03. The molecule has 1 heterocycles. The molecule has 0 unspecified atom stereocenters. The molecule has 1 aliphatic carbocycles. The van der Waals surface area contributed by atoms with Gasteiger partial charge in [0.25, 0.3) is 10.0 Å². The molecule has 1 amide bonds. The van der Waals surface area contributed by atoms with E-state index in [9.17, 15) is 23.4 Å². The molecule has 0 fully saturated rings. The summed E-state index contributed by atoms with van der Waals surface area (Å²) in [6.45, 7) is 0. The number of sulfonamides is 1. The Balaban J connectivity index is 1.52. The lowest BCUT2D eigenvalue weighted by molar-refractivity contribution is -0.115. The summed E-state index contributed by atoms with van der Waals surface area (Å²) in [5.74, 6) is -0.226. The second kappa shape index (κ2) is 8.13. The summed E-state index contributed by atoms with van der Waals surface area (Å²) in [6.07, 6.45) is 5.75. The van der Waals surface area contributed by atoms with Gasteiger partial charge in [0.15, 0.2) is 0 Å². The van der Waals surface area contributed by atoms with Crippen molar-refractivity contribution in [1.29, 1.82) is 0 Å². The number of fused-ring (bicyclic) bond motifs is 3. The predicted molar refractivity (Wildman–Crippen MR) is 140 cm³/mol. The highest BCUT2D eigenvalue weighted by Crippen LogP contribution is 2.46. The molecule has 6 rings (SSSR count). The molecular weight excluding hydrogens is 476 g/mol. The minimum Gasteiger partial charge on any atom is -0.507 e. The molecule has 0 saturated heterocycles. The van der Waals surface area contributed by atoms with E-state index in [1.165, 1.54) is 12.1 Å². The number of carbonyl (C=O) groups is 1. The number of aryl methyl sites for hydroxylation is 1. The van der Waals surface area contributed by atoms with Gasteiger partial charge < -0.3 is 15.5 Å². The zero-order valence-corrected chi connectivity index (χ0v) is 19.9. The van der Waals surface area contributed by atoms with Gasteiger partial charge in [-0.25, -0.2) is 8.42 Å².